The van der Waals surface area contributed by atoms with Crippen LogP contribution in [0.15, 0.2) is 24.3 Å². The van der Waals surface area contributed by atoms with E-state index in [1.165, 1.54) is 0 Å². The fourth-order valence-electron chi connectivity index (χ4n) is 3.15. The topological polar surface area (TPSA) is 58.6 Å². The average Bonchev–Trinajstić information content (AvgIpc) is 2.47. The number of nitrogens with one attached hydrogen (secondary N) is 1. The van der Waals surface area contributed by atoms with Crippen LogP contribution < -0.4 is 10.1 Å². The highest BCUT2D eigenvalue weighted by Crippen LogP contribution is 2.40. The molecule has 0 saturated carbocycles. The van der Waals surface area contributed by atoms with Crippen molar-refractivity contribution in [3.05, 3.63) is 29.8 Å². The minimum Gasteiger partial charge on any atom is -0.497 e. The van der Waals surface area contributed by atoms with Gasteiger partial charge in [0.2, 0.25) is 11.8 Å². The molecule has 3 heterocycles. The number of hydrogen-bond acceptors (Lipinski definition) is 3. The number of fused-ring (bicyclic) bond motifs is 3. The normalized spacial score (nSPS) is 31.3. The first-order chi connectivity index (χ1) is 9.89. The van der Waals surface area contributed by atoms with Gasteiger partial charge in [-0.15, -0.1) is 0 Å². The molecule has 3 saturated heterocycles. The van der Waals surface area contributed by atoms with E-state index in [1.807, 2.05) is 38.1 Å². The number of amides is 2. The number of carbonyl (C=O) groups excluding carboxylic acids is 2. The first-order valence-electron chi connectivity index (χ1n) is 7.17. The van der Waals surface area contributed by atoms with Crippen LogP contribution in [0, 0.1) is 0 Å². The summed E-state index contributed by atoms with van der Waals surface area (Å²) in [5.41, 5.74) is -0.495. The van der Waals surface area contributed by atoms with E-state index in [1.54, 1.807) is 12.0 Å². The maximum absolute atomic E-state index is 12.7. The van der Waals surface area contributed by atoms with Gasteiger partial charge in [0, 0.05) is 6.54 Å². The molecule has 1 aromatic carbocycles. The number of carbonyl (C=O) groups is 2. The summed E-state index contributed by atoms with van der Waals surface area (Å²) < 4.78 is 5.14. The number of hydrogen-bond donors (Lipinski definition) is 1. The summed E-state index contributed by atoms with van der Waals surface area (Å²) in [6.45, 7) is 4.11. The molecule has 112 valence electrons. The van der Waals surface area contributed by atoms with E-state index in [0.717, 1.165) is 11.3 Å². The average molecular weight is 288 g/mol. The van der Waals surface area contributed by atoms with Crippen molar-refractivity contribution in [3.8, 4) is 5.75 Å². The van der Waals surface area contributed by atoms with E-state index in [9.17, 15) is 9.59 Å². The van der Waals surface area contributed by atoms with Gasteiger partial charge >= 0.3 is 0 Å². The molecule has 0 radical (unpaired) electrons. The minimum absolute atomic E-state index is 0.00617. The highest BCUT2D eigenvalue weighted by molar-refractivity contribution is 6.03. The van der Waals surface area contributed by atoms with Crippen molar-refractivity contribution in [2.75, 3.05) is 7.11 Å². The van der Waals surface area contributed by atoms with Crippen LogP contribution in [0.2, 0.25) is 0 Å². The van der Waals surface area contributed by atoms with Gasteiger partial charge in [0.25, 0.3) is 0 Å². The van der Waals surface area contributed by atoms with Crippen molar-refractivity contribution < 1.29 is 14.3 Å². The fourth-order valence-corrected chi connectivity index (χ4v) is 3.15. The lowest BCUT2D eigenvalue weighted by atomic mass is 9.73. The maximum Gasteiger partial charge on any atom is 0.249 e. The molecule has 1 N–H and O–H groups in total. The summed E-state index contributed by atoms with van der Waals surface area (Å²) in [6, 6.07) is 7.59. The summed E-state index contributed by atoms with van der Waals surface area (Å²) >= 11 is 0. The SMILES string of the molecule is COc1ccc(CN2C(=O)[C@@]3(C)CC[C@]2(C)C(=O)N3)cc1. The zero-order valence-electron chi connectivity index (χ0n) is 12.6. The molecule has 0 unspecified atom stereocenters. The fraction of sp³-hybridized carbons (Fsp3) is 0.500. The lowest BCUT2D eigenvalue weighted by Crippen LogP contribution is -2.77. The maximum atomic E-state index is 12.7. The van der Waals surface area contributed by atoms with Gasteiger partial charge in [0.15, 0.2) is 0 Å². The minimum atomic E-state index is -0.749. The van der Waals surface area contributed by atoms with Crippen molar-refractivity contribution in [2.24, 2.45) is 0 Å². The summed E-state index contributed by atoms with van der Waals surface area (Å²) in [4.78, 5) is 26.7. The molecule has 3 aliphatic rings. The zero-order chi connectivity index (χ0) is 15.3. The van der Waals surface area contributed by atoms with Crippen LogP contribution in [0.4, 0.5) is 0 Å². The molecule has 5 nitrogen and oxygen atoms in total. The molecule has 0 aliphatic carbocycles. The Morgan fingerprint density at radius 2 is 1.86 bits per heavy atom. The highest BCUT2D eigenvalue weighted by Gasteiger charge is 2.59. The molecule has 5 heteroatoms. The van der Waals surface area contributed by atoms with Crippen LogP contribution in [0.25, 0.3) is 0 Å². The second kappa shape index (κ2) is 4.48. The van der Waals surface area contributed by atoms with Crippen molar-refractivity contribution in [1.82, 2.24) is 10.2 Å². The molecule has 2 atom stereocenters. The van der Waals surface area contributed by atoms with Crippen molar-refractivity contribution in [2.45, 2.75) is 44.3 Å². The lowest BCUT2D eigenvalue weighted by molar-refractivity contribution is -0.170. The Kier molecular flexibility index (Phi) is 2.97. The standard InChI is InChI=1S/C16H20N2O3/c1-15-8-9-16(2,13(19)17-15)18(14(15)20)10-11-4-6-12(21-3)7-5-11/h4-7H,8-10H2,1-3H3,(H,17,19)/t15-,16-/m1/s1. The highest BCUT2D eigenvalue weighted by atomic mass is 16.5. The van der Waals surface area contributed by atoms with Gasteiger partial charge < -0.3 is 15.0 Å². The van der Waals surface area contributed by atoms with E-state index >= 15 is 0 Å². The van der Waals surface area contributed by atoms with E-state index in [0.29, 0.717) is 19.4 Å². The summed E-state index contributed by atoms with van der Waals surface area (Å²) in [6.07, 6.45) is 1.41. The number of methoxy groups -OCH3 is 1. The molecule has 4 rings (SSSR count). The molecule has 0 spiro atoms. The third-order valence-electron chi connectivity index (χ3n) is 4.80. The summed E-state index contributed by atoms with van der Waals surface area (Å²) in [5.74, 6) is 0.734. The molecule has 21 heavy (non-hydrogen) atoms. The van der Waals surface area contributed by atoms with Gasteiger partial charge in [-0.3, -0.25) is 9.59 Å². The van der Waals surface area contributed by atoms with Gasteiger partial charge in [-0.05, 0) is 44.4 Å². The Morgan fingerprint density at radius 3 is 2.43 bits per heavy atom. The first-order valence-corrected chi connectivity index (χ1v) is 7.17. The van der Waals surface area contributed by atoms with Crippen LogP contribution in [0.1, 0.15) is 32.3 Å². The van der Waals surface area contributed by atoms with Crippen molar-refractivity contribution in [3.63, 3.8) is 0 Å². The molecular weight excluding hydrogens is 268 g/mol. The number of benzene rings is 1. The second-order valence-corrected chi connectivity index (χ2v) is 6.30. The molecule has 1 aromatic rings. The van der Waals surface area contributed by atoms with Gasteiger partial charge in [0.1, 0.15) is 16.8 Å². The first kappa shape index (κ1) is 13.9. The molecule has 0 aromatic heterocycles. The Labute approximate surface area is 124 Å². The van der Waals surface area contributed by atoms with Crippen LogP contribution in [0.3, 0.4) is 0 Å². The molecule has 3 fully saturated rings. The van der Waals surface area contributed by atoms with Gasteiger partial charge in [0.05, 0.1) is 7.11 Å². The lowest BCUT2D eigenvalue weighted by Gasteiger charge is -2.55. The molecule has 3 aliphatic heterocycles. The van der Waals surface area contributed by atoms with Gasteiger partial charge in [-0.2, -0.15) is 0 Å². The third-order valence-corrected chi connectivity index (χ3v) is 4.80. The van der Waals surface area contributed by atoms with Crippen LogP contribution in [0.5, 0.6) is 5.75 Å². The Balaban J connectivity index is 1.89. The monoisotopic (exact) mass is 288 g/mol. The largest absolute Gasteiger partial charge is 0.497 e. The number of rotatable bonds is 3. The van der Waals surface area contributed by atoms with E-state index in [-0.39, 0.29) is 11.8 Å². The second-order valence-electron chi connectivity index (χ2n) is 6.30. The van der Waals surface area contributed by atoms with Gasteiger partial charge in [-0.1, -0.05) is 12.1 Å². The molecule has 2 bridgehead atoms. The van der Waals surface area contributed by atoms with Crippen molar-refractivity contribution >= 4 is 11.8 Å². The molecule has 2 amide bonds. The predicted molar refractivity (Wildman–Crippen MR) is 77.7 cm³/mol. The van der Waals surface area contributed by atoms with Gasteiger partial charge in [-0.25, -0.2) is 0 Å². The molecular formula is C16H20N2O3. The Bertz CT molecular complexity index is 598. The summed E-state index contributed by atoms with van der Waals surface area (Å²) in [7, 11) is 1.62. The van der Waals surface area contributed by atoms with E-state index in [4.69, 9.17) is 4.74 Å². The number of nitrogens with zero attached hydrogens (tertiary/aromatic N) is 1. The predicted octanol–water partition coefficient (Wildman–Crippen LogP) is 1.46. The quantitative estimate of drug-likeness (QED) is 0.916. The third kappa shape index (κ3) is 1.99. The number of ether oxygens (including phenoxy) is 1. The van der Waals surface area contributed by atoms with Crippen molar-refractivity contribution in [1.29, 1.82) is 0 Å². The van der Waals surface area contributed by atoms with E-state index in [2.05, 4.69) is 5.32 Å². The Morgan fingerprint density at radius 1 is 1.19 bits per heavy atom. The number of piperazine rings is 1. The van der Waals surface area contributed by atoms with Crippen LogP contribution >= 0.6 is 0 Å². The smallest absolute Gasteiger partial charge is 0.249 e. The zero-order valence-corrected chi connectivity index (χ0v) is 12.6. The Hall–Kier alpha value is -2.04. The van der Waals surface area contributed by atoms with Crippen LogP contribution in [-0.2, 0) is 16.1 Å². The number of piperidine rings is 2. The van der Waals surface area contributed by atoms with Crippen LogP contribution in [-0.4, -0.2) is 34.9 Å². The summed E-state index contributed by atoms with van der Waals surface area (Å²) in [5, 5.41) is 2.87. The van der Waals surface area contributed by atoms with E-state index < -0.39 is 11.1 Å².